The van der Waals surface area contributed by atoms with E-state index in [1.54, 1.807) is 17.4 Å². The molecule has 2 aromatic carbocycles. The molecule has 0 radical (unpaired) electrons. The second-order valence-corrected chi connectivity index (χ2v) is 6.16. The van der Waals surface area contributed by atoms with Crippen LogP contribution in [0.4, 0.5) is 10.1 Å². The molecule has 20 heavy (non-hydrogen) atoms. The minimum absolute atomic E-state index is 0.148. The van der Waals surface area contributed by atoms with Gasteiger partial charge in [-0.25, -0.2) is 9.37 Å². The fourth-order valence-corrected chi connectivity index (χ4v) is 2.99. The highest BCUT2D eigenvalue weighted by Crippen LogP contribution is 2.25. The molecule has 102 valence electrons. The van der Waals surface area contributed by atoms with Crippen molar-refractivity contribution in [3.8, 4) is 0 Å². The largest absolute Gasteiger partial charge is 0.381 e. The normalized spacial score (nSPS) is 10.9. The van der Waals surface area contributed by atoms with Gasteiger partial charge in [-0.2, -0.15) is 0 Å². The van der Waals surface area contributed by atoms with E-state index in [1.807, 2.05) is 25.1 Å². The Kier molecular flexibility index (Phi) is 3.59. The molecule has 0 amide bonds. The SMILES string of the molecule is Cc1nc2ccc(NCc3ccc(Cl)c(F)c3)cc2s1. The fraction of sp³-hybridized carbons (Fsp3) is 0.133. The van der Waals surface area contributed by atoms with Crippen molar-refractivity contribution in [2.75, 3.05) is 5.32 Å². The minimum Gasteiger partial charge on any atom is -0.381 e. The summed E-state index contributed by atoms with van der Waals surface area (Å²) in [4.78, 5) is 4.42. The lowest BCUT2D eigenvalue weighted by Crippen LogP contribution is -1.99. The predicted molar refractivity (Wildman–Crippen MR) is 83.1 cm³/mol. The summed E-state index contributed by atoms with van der Waals surface area (Å²) in [6.45, 7) is 2.55. The third kappa shape index (κ3) is 2.76. The van der Waals surface area contributed by atoms with Crippen LogP contribution in [-0.4, -0.2) is 4.98 Å². The summed E-state index contributed by atoms with van der Waals surface area (Å²) < 4.78 is 14.5. The van der Waals surface area contributed by atoms with Gasteiger partial charge in [0.2, 0.25) is 0 Å². The molecule has 1 heterocycles. The summed E-state index contributed by atoms with van der Waals surface area (Å²) in [5.74, 6) is -0.389. The van der Waals surface area contributed by atoms with Gasteiger partial charge >= 0.3 is 0 Å². The van der Waals surface area contributed by atoms with Gasteiger partial charge in [-0.3, -0.25) is 0 Å². The van der Waals surface area contributed by atoms with Crippen LogP contribution in [-0.2, 0) is 6.54 Å². The van der Waals surface area contributed by atoms with Crippen LogP contribution in [0.3, 0.4) is 0 Å². The van der Waals surface area contributed by atoms with Gasteiger partial charge in [0.05, 0.1) is 20.2 Å². The maximum Gasteiger partial charge on any atom is 0.142 e. The number of aryl methyl sites for hydroxylation is 1. The molecular weight excluding hydrogens is 295 g/mol. The van der Waals surface area contributed by atoms with E-state index in [-0.39, 0.29) is 10.8 Å². The third-order valence-corrected chi connectivity index (χ3v) is 4.22. The molecule has 1 aromatic heterocycles. The Morgan fingerprint density at radius 1 is 1.25 bits per heavy atom. The summed E-state index contributed by atoms with van der Waals surface area (Å²) in [5.41, 5.74) is 2.86. The number of hydrogen-bond donors (Lipinski definition) is 1. The van der Waals surface area contributed by atoms with Gasteiger partial charge in [-0.1, -0.05) is 17.7 Å². The van der Waals surface area contributed by atoms with E-state index in [9.17, 15) is 4.39 Å². The summed E-state index contributed by atoms with van der Waals surface area (Å²) in [6, 6.07) is 10.9. The van der Waals surface area contributed by atoms with Gasteiger partial charge in [0.25, 0.3) is 0 Å². The van der Waals surface area contributed by atoms with Crippen LogP contribution >= 0.6 is 22.9 Å². The number of anilines is 1. The zero-order chi connectivity index (χ0) is 14.1. The number of rotatable bonds is 3. The average Bonchev–Trinajstić information content (AvgIpc) is 2.79. The number of nitrogens with one attached hydrogen (secondary N) is 1. The molecule has 0 fully saturated rings. The highest BCUT2D eigenvalue weighted by molar-refractivity contribution is 7.18. The van der Waals surface area contributed by atoms with Crippen LogP contribution in [0.1, 0.15) is 10.6 Å². The highest BCUT2D eigenvalue weighted by atomic mass is 35.5. The second kappa shape index (κ2) is 5.38. The topological polar surface area (TPSA) is 24.9 Å². The molecule has 2 nitrogen and oxygen atoms in total. The first kappa shape index (κ1) is 13.3. The molecule has 0 atom stereocenters. The zero-order valence-electron chi connectivity index (χ0n) is 10.8. The minimum atomic E-state index is -0.389. The number of fused-ring (bicyclic) bond motifs is 1. The number of thiazole rings is 1. The maximum atomic E-state index is 13.3. The van der Waals surface area contributed by atoms with E-state index in [1.165, 1.54) is 6.07 Å². The lowest BCUT2D eigenvalue weighted by atomic mass is 10.2. The number of hydrogen-bond acceptors (Lipinski definition) is 3. The number of nitrogens with zero attached hydrogens (tertiary/aromatic N) is 1. The molecule has 0 aliphatic rings. The summed E-state index contributed by atoms with van der Waals surface area (Å²) >= 11 is 7.33. The molecule has 0 aliphatic heterocycles. The number of aromatic nitrogens is 1. The third-order valence-electron chi connectivity index (χ3n) is 2.98. The quantitative estimate of drug-likeness (QED) is 0.736. The monoisotopic (exact) mass is 306 g/mol. The summed E-state index contributed by atoms with van der Waals surface area (Å²) in [5, 5.41) is 4.48. The molecule has 0 unspecified atom stereocenters. The lowest BCUT2D eigenvalue weighted by molar-refractivity contribution is 0.626. The molecule has 3 aromatic rings. The van der Waals surface area contributed by atoms with Crippen molar-refractivity contribution in [1.82, 2.24) is 4.98 Å². The Morgan fingerprint density at radius 3 is 2.90 bits per heavy atom. The van der Waals surface area contributed by atoms with Crippen molar-refractivity contribution in [1.29, 1.82) is 0 Å². The van der Waals surface area contributed by atoms with E-state index in [0.717, 1.165) is 26.5 Å². The van der Waals surface area contributed by atoms with Crippen molar-refractivity contribution in [2.45, 2.75) is 13.5 Å². The molecule has 5 heteroatoms. The molecular formula is C15H12ClFN2S. The van der Waals surface area contributed by atoms with Crippen LogP contribution < -0.4 is 5.32 Å². The van der Waals surface area contributed by atoms with Gasteiger partial charge in [0.15, 0.2) is 0 Å². The Morgan fingerprint density at radius 2 is 2.10 bits per heavy atom. The number of benzene rings is 2. The smallest absolute Gasteiger partial charge is 0.142 e. The Hall–Kier alpha value is -1.65. The molecule has 0 aliphatic carbocycles. The van der Waals surface area contributed by atoms with Gasteiger partial charge in [-0.15, -0.1) is 11.3 Å². The van der Waals surface area contributed by atoms with E-state index in [4.69, 9.17) is 11.6 Å². The first-order chi connectivity index (χ1) is 9.61. The van der Waals surface area contributed by atoms with Gasteiger partial charge in [-0.05, 0) is 42.8 Å². The van der Waals surface area contributed by atoms with E-state index >= 15 is 0 Å². The molecule has 1 N–H and O–H groups in total. The molecule has 0 saturated carbocycles. The predicted octanol–water partition coefficient (Wildman–Crippen LogP) is 5.01. The first-order valence-electron chi connectivity index (χ1n) is 6.17. The van der Waals surface area contributed by atoms with E-state index in [0.29, 0.717) is 6.54 Å². The lowest BCUT2D eigenvalue weighted by Gasteiger charge is -2.07. The molecule has 0 bridgehead atoms. The van der Waals surface area contributed by atoms with Gasteiger partial charge in [0.1, 0.15) is 5.82 Å². The van der Waals surface area contributed by atoms with Crippen LogP contribution in [0, 0.1) is 12.7 Å². The summed E-state index contributed by atoms with van der Waals surface area (Å²) in [7, 11) is 0. The maximum absolute atomic E-state index is 13.3. The average molecular weight is 307 g/mol. The first-order valence-corrected chi connectivity index (χ1v) is 7.36. The van der Waals surface area contributed by atoms with Crippen molar-refractivity contribution in [3.63, 3.8) is 0 Å². The molecule has 0 spiro atoms. The Labute approximate surface area is 125 Å². The van der Waals surface area contributed by atoms with E-state index < -0.39 is 0 Å². The Balaban J connectivity index is 1.77. The van der Waals surface area contributed by atoms with Crippen LogP contribution in [0.5, 0.6) is 0 Å². The van der Waals surface area contributed by atoms with Crippen molar-refractivity contribution in [2.24, 2.45) is 0 Å². The highest BCUT2D eigenvalue weighted by Gasteiger charge is 2.03. The number of halogens is 2. The van der Waals surface area contributed by atoms with Crippen LogP contribution in [0.15, 0.2) is 36.4 Å². The zero-order valence-corrected chi connectivity index (χ0v) is 12.4. The van der Waals surface area contributed by atoms with Crippen molar-refractivity contribution in [3.05, 3.63) is 57.8 Å². The van der Waals surface area contributed by atoms with Crippen LogP contribution in [0.25, 0.3) is 10.2 Å². The van der Waals surface area contributed by atoms with Gasteiger partial charge < -0.3 is 5.32 Å². The van der Waals surface area contributed by atoms with Gasteiger partial charge in [0, 0.05) is 12.2 Å². The Bertz CT molecular complexity index is 770. The second-order valence-electron chi connectivity index (χ2n) is 4.52. The van der Waals surface area contributed by atoms with Crippen molar-refractivity contribution < 1.29 is 4.39 Å². The summed E-state index contributed by atoms with van der Waals surface area (Å²) in [6.07, 6.45) is 0. The van der Waals surface area contributed by atoms with E-state index in [2.05, 4.69) is 16.4 Å². The standard InChI is InChI=1S/C15H12ClFN2S/c1-9-19-14-5-3-11(7-15(14)20-9)18-8-10-2-4-12(16)13(17)6-10/h2-7,18H,8H2,1H3. The van der Waals surface area contributed by atoms with Crippen molar-refractivity contribution >= 4 is 38.8 Å². The fourth-order valence-electron chi connectivity index (χ4n) is 2.00. The van der Waals surface area contributed by atoms with Crippen LogP contribution in [0.2, 0.25) is 5.02 Å². The molecule has 0 saturated heterocycles. The molecule has 3 rings (SSSR count).